The summed E-state index contributed by atoms with van der Waals surface area (Å²) in [7, 11) is 1.01. The fourth-order valence-corrected chi connectivity index (χ4v) is 1.01. The van der Waals surface area contributed by atoms with Crippen LogP contribution in [-0.4, -0.2) is 19.0 Å². The molecule has 1 aromatic rings. The van der Waals surface area contributed by atoms with Crippen molar-refractivity contribution in [3.63, 3.8) is 0 Å². The van der Waals surface area contributed by atoms with Crippen molar-refractivity contribution in [3.05, 3.63) is 29.3 Å². The zero-order valence-electron chi connectivity index (χ0n) is 8.64. The van der Waals surface area contributed by atoms with Crippen LogP contribution in [0.15, 0.2) is 12.1 Å². The molecule has 0 unspecified atom stereocenters. The Morgan fingerprint density at radius 1 is 1.25 bits per heavy atom. The predicted octanol–water partition coefficient (Wildman–Crippen LogP) is 1.38. The number of hydrogen-bond acceptors (Lipinski definition) is 3. The minimum Gasteiger partial charge on any atom is -0.462 e. The van der Waals surface area contributed by atoms with Crippen molar-refractivity contribution in [2.45, 2.75) is 6.92 Å². The first-order chi connectivity index (χ1) is 7.45. The lowest BCUT2D eigenvalue weighted by atomic mass is 10.2. The molecule has 0 saturated carbocycles. The molecule has 16 heavy (non-hydrogen) atoms. The summed E-state index contributed by atoms with van der Waals surface area (Å²) in [5.74, 6) is -3.84. The van der Waals surface area contributed by atoms with Crippen molar-refractivity contribution in [2.24, 2.45) is 0 Å². The van der Waals surface area contributed by atoms with Gasteiger partial charge >= 0.3 is 11.9 Å². The molecule has 0 bridgehead atoms. The number of amides is 1. The molecule has 1 aromatic carbocycles. The van der Waals surface area contributed by atoms with E-state index in [2.05, 4.69) is 4.74 Å². The van der Waals surface area contributed by atoms with Crippen LogP contribution in [0.4, 0.5) is 14.5 Å². The third-order valence-corrected chi connectivity index (χ3v) is 1.87. The van der Waals surface area contributed by atoms with Crippen LogP contribution < -0.4 is 5.32 Å². The molecule has 0 spiro atoms. The summed E-state index contributed by atoms with van der Waals surface area (Å²) in [6, 6.07) is 1.72. The van der Waals surface area contributed by atoms with E-state index in [1.807, 2.05) is 5.32 Å². The average Bonchev–Trinajstić information content (AvgIpc) is 2.24. The lowest BCUT2D eigenvalue weighted by Gasteiger charge is -2.06. The third-order valence-electron chi connectivity index (χ3n) is 1.87. The Balaban J connectivity index is 2.94. The van der Waals surface area contributed by atoms with Crippen molar-refractivity contribution in [1.29, 1.82) is 0 Å². The third kappa shape index (κ3) is 2.53. The molecule has 1 amide bonds. The Hall–Kier alpha value is -1.98. The van der Waals surface area contributed by atoms with Gasteiger partial charge in [-0.2, -0.15) is 0 Å². The number of carbonyl (C=O) groups is 2. The molecular weight excluding hydrogens is 220 g/mol. The summed E-state index contributed by atoms with van der Waals surface area (Å²) >= 11 is 0. The highest BCUT2D eigenvalue weighted by atomic mass is 19.1. The highest BCUT2D eigenvalue weighted by Gasteiger charge is 2.16. The lowest BCUT2D eigenvalue weighted by Crippen LogP contribution is -2.24. The van der Waals surface area contributed by atoms with Gasteiger partial charge in [-0.15, -0.1) is 0 Å². The van der Waals surface area contributed by atoms with Crippen molar-refractivity contribution in [1.82, 2.24) is 0 Å². The van der Waals surface area contributed by atoms with Gasteiger partial charge in [0.25, 0.3) is 0 Å². The zero-order valence-corrected chi connectivity index (χ0v) is 8.64. The summed E-state index contributed by atoms with van der Waals surface area (Å²) in [6.45, 7) is 1.38. The highest BCUT2D eigenvalue weighted by molar-refractivity contribution is 6.37. The molecule has 6 heteroatoms. The Morgan fingerprint density at radius 3 is 2.44 bits per heavy atom. The molecule has 0 aliphatic carbocycles. The first kappa shape index (κ1) is 12.1. The van der Waals surface area contributed by atoms with Crippen LogP contribution >= 0.6 is 0 Å². The van der Waals surface area contributed by atoms with E-state index in [0.29, 0.717) is 0 Å². The van der Waals surface area contributed by atoms with Crippen molar-refractivity contribution in [2.75, 3.05) is 12.4 Å². The van der Waals surface area contributed by atoms with E-state index < -0.39 is 29.2 Å². The number of benzene rings is 1. The van der Waals surface area contributed by atoms with Crippen LogP contribution in [-0.2, 0) is 14.3 Å². The van der Waals surface area contributed by atoms with Crippen molar-refractivity contribution >= 4 is 17.6 Å². The summed E-state index contributed by atoms with van der Waals surface area (Å²) in [5.41, 5.74) is -0.299. The van der Waals surface area contributed by atoms with Gasteiger partial charge in [0.1, 0.15) is 11.6 Å². The lowest BCUT2D eigenvalue weighted by molar-refractivity contribution is -0.150. The molecule has 0 fully saturated rings. The number of nitrogens with one attached hydrogen (secondary N) is 1. The monoisotopic (exact) mass is 229 g/mol. The quantitative estimate of drug-likeness (QED) is 0.584. The van der Waals surface area contributed by atoms with Gasteiger partial charge in [-0.1, -0.05) is 0 Å². The number of carbonyl (C=O) groups excluding carboxylic acids is 2. The average molecular weight is 229 g/mol. The van der Waals surface area contributed by atoms with E-state index in [9.17, 15) is 18.4 Å². The van der Waals surface area contributed by atoms with E-state index in [1.165, 1.54) is 6.92 Å². The van der Waals surface area contributed by atoms with Gasteiger partial charge in [-0.25, -0.2) is 13.6 Å². The molecule has 86 valence electrons. The second kappa shape index (κ2) is 4.69. The van der Waals surface area contributed by atoms with Gasteiger partial charge in [0, 0.05) is 6.07 Å². The van der Waals surface area contributed by atoms with Gasteiger partial charge in [0.15, 0.2) is 0 Å². The topological polar surface area (TPSA) is 55.4 Å². The standard InChI is InChI=1S/C10H9F2NO3/c1-5-3-7(12)8(4-6(5)11)13-9(14)10(15)16-2/h3-4H,1-2H3,(H,13,14). The molecule has 1 N–H and O–H groups in total. The Morgan fingerprint density at radius 2 is 1.88 bits per heavy atom. The number of rotatable bonds is 1. The SMILES string of the molecule is COC(=O)C(=O)Nc1cc(F)c(C)cc1F. The van der Waals surface area contributed by atoms with E-state index in [-0.39, 0.29) is 5.56 Å². The number of hydrogen-bond donors (Lipinski definition) is 1. The number of anilines is 1. The molecule has 0 heterocycles. The summed E-state index contributed by atoms with van der Waals surface area (Å²) < 4.78 is 30.4. The van der Waals surface area contributed by atoms with Crippen LogP contribution in [0.2, 0.25) is 0 Å². The molecule has 0 atom stereocenters. The fourth-order valence-electron chi connectivity index (χ4n) is 1.01. The van der Waals surface area contributed by atoms with Crippen LogP contribution in [0.1, 0.15) is 5.56 Å². The highest BCUT2D eigenvalue weighted by Crippen LogP contribution is 2.18. The largest absolute Gasteiger partial charge is 0.462 e. The van der Waals surface area contributed by atoms with Crippen LogP contribution in [0, 0.1) is 18.6 Å². The van der Waals surface area contributed by atoms with Gasteiger partial charge in [-0.3, -0.25) is 4.79 Å². The van der Waals surface area contributed by atoms with Crippen LogP contribution in [0.5, 0.6) is 0 Å². The molecule has 0 aliphatic rings. The second-order valence-electron chi connectivity index (χ2n) is 3.03. The Kier molecular flexibility index (Phi) is 3.55. The Labute approximate surface area is 90.2 Å². The number of aryl methyl sites for hydroxylation is 1. The van der Waals surface area contributed by atoms with Crippen molar-refractivity contribution < 1.29 is 23.1 Å². The summed E-state index contributed by atoms with van der Waals surface area (Å²) in [4.78, 5) is 21.7. The fraction of sp³-hybridized carbons (Fsp3) is 0.200. The minimum atomic E-state index is -1.18. The number of methoxy groups -OCH3 is 1. The summed E-state index contributed by atoms with van der Waals surface area (Å²) in [5, 5.41) is 1.90. The number of esters is 1. The number of halogens is 2. The molecule has 1 rings (SSSR count). The second-order valence-corrected chi connectivity index (χ2v) is 3.03. The Bertz CT molecular complexity index is 446. The van der Waals surface area contributed by atoms with Gasteiger partial charge in [0.05, 0.1) is 12.8 Å². The zero-order chi connectivity index (χ0) is 12.3. The van der Waals surface area contributed by atoms with E-state index >= 15 is 0 Å². The van der Waals surface area contributed by atoms with Crippen LogP contribution in [0.25, 0.3) is 0 Å². The maximum absolute atomic E-state index is 13.2. The van der Waals surface area contributed by atoms with E-state index in [0.717, 1.165) is 19.2 Å². The normalized spacial score (nSPS) is 9.75. The molecular formula is C10H9F2NO3. The molecule has 0 aromatic heterocycles. The molecule has 0 aliphatic heterocycles. The van der Waals surface area contributed by atoms with E-state index in [4.69, 9.17) is 0 Å². The smallest absolute Gasteiger partial charge is 0.396 e. The first-order valence-corrected chi connectivity index (χ1v) is 4.30. The minimum absolute atomic E-state index is 0.105. The first-order valence-electron chi connectivity index (χ1n) is 4.30. The van der Waals surface area contributed by atoms with Gasteiger partial charge in [-0.05, 0) is 18.6 Å². The summed E-state index contributed by atoms with van der Waals surface area (Å²) in [6.07, 6.45) is 0. The van der Waals surface area contributed by atoms with Crippen molar-refractivity contribution in [3.8, 4) is 0 Å². The van der Waals surface area contributed by atoms with Crippen LogP contribution in [0.3, 0.4) is 0 Å². The van der Waals surface area contributed by atoms with Gasteiger partial charge in [0.2, 0.25) is 0 Å². The molecule has 4 nitrogen and oxygen atoms in total. The maximum Gasteiger partial charge on any atom is 0.396 e. The molecule has 0 radical (unpaired) electrons. The molecule has 0 saturated heterocycles. The predicted molar refractivity (Wildman–Crippen MR) is 51.7 cm³/mol. The maximum atomic E-state index is 13.2. The number of ether oxygens (including phenoxy) is 1. The van der Waals surface area contributed by atoms with Gasteiger partial charge < -0.3 is 10.1 Å². The van der Waals surface area contributed by atoms with E-state index in [1.54, 1.807) is 0 Å².